The largest absolute Gasteiger partial charge is 0.496 e. The maximum absolute atomic E-state index is 11.9. The van der Waals surface area contributed by atoms with Crippen molar-refractivity contribution < 1.29 is 18.8 Å². The summed E-state index contributed by atoms with van der Waals surface area (Å²) in [6.45, 7) is 12.1. The van der Waals surface area contributed by atoms with E-state index in [0.717, 1.165) is 10.3 Å². The average molecular weight is 322 g/mol. The molecule has 0 N–H and O–H groups in total. The van der Waals surface area contributed by atoms with Crippen molar-refractivity contribution in [1.82, 2.24) is 0 Å². The lowest BCUT2D eigenvalue weighted by Gasteiger charge is -2.32. The van der Waals surface area contributed by atoms with Gasteiger partial charge in [0.25, 0.3) is 0 Å². The molecular formula is C16H23BO4S. The van der Waals surface area contributed by atoms with Crippen LogP contribution in [0, 0.1) is 6.92 Å². The number of hydrogen-bond acceptors (Lipinski definition) is 5. The van der Waals surface area contributed by atoms with E-state index in [1.807, 2.05) is 46.8 Å². The lowest BCUT2D eigenvalue weighted by atomic mass is 9.77. The highest BCUT2D eigenvalue weighted by Gasteiger charge is 2.52. The molecule has 0 bridgehead atoms. The number of carbonyl (C=O) groups is 1. The second kappa shape index (κ2) is 6.18. The summed E-state index contributed by atoms with van der Waals surface area (Å²) >= 11 is 1.61. The van der Waals surface area contributed by atoms with Gasteiger partial charge in [-0.3, -0.25) is 0 Å². The molecule has 6 heteroatoms. The molecule has 4 nitrogen and oxygen atoms in total. The fourth-order valence-electron chi connectivity index (χ4n) is 2.13. The van der Waals surface area contributed by atoms with Crippen molar-refractivity contribution in [2.45, 2.75) is 52.7 Å². The van der Waals surface area contributed by atoms with E-state index < -0.39 is 18.3 Å². The minimum Gasteiger partial charge on any atom is -0.463 e. The fourth-order valence-corrected chi connectivity index (χ4v) is 3.02. The van der Waals surface area contributed by atoms with E-state index in [1.54, 1.807) is 18.3 Å². The van der Waals surface area contributed by atoms with Crippen molar-refractivity contribution in [1.29, 1.82) is 0 Å². The van der Waals surface area contributed by atoms with E-state index in [0.29, 0.717) is 6.61 Å². The zero-order valence-corrected chi connectivity index (χ0v) is 14.9. The third kappa shape index (κ3) is 3.45. The first-order valence-electron chi connectivity index (χ1n) is 7.47. The number of aryl methyl sites for hydroxylation is 1. The summed E-state index contributed by atoms with van der Waals surface area (Å²) in [4.78, 5) is 14.0. The molecule has 0 radical (unpaired) electrons. The molecular weight excluding hydrogens is 299 g/mol. The van der Waals surface area contributed by atoms with Gasteiger partial charge in [-0.2, -0.15) is 0 Å². The maximum atomic E-state index is 11.9. The zero-order chi connectivity index (χ0) is 16.5. The van der Waals surface area contributed by atoms with Crippen LogP contribution in [-0.4, -0.2) is 30.9 Å². The molecule has 0 unspecified atom stereocenters. The quantitative estimate of drug-likeness (QED) is 0.482. The Hall–Kier alpha value is -1.11. The zero-order valence-electron chi connectivity index (χ0n) is 14.1. The normalized spacial score (nSPS) is 20.3. The van der Waals surface area contributed by atoms with Crippen LogP contribution in [0.5, 0.6) is 0 Å². The Morgan fingerprint density at radius 1 is 1.27 bits per heavy atom. The summed E-state index contributed by atoms with van der Waals surface area (Å²) in [5.74, 6) is -0.377. The van der Waals surface area contributed by atoms with Gasteiger partial charge in [-0.1, -0.05) is 0 Å². The monoisotopic (exact) mass is 322 g/mol. The van der Waals surface area contributed by atoms with Gasteiger partial charge >= 0.3 is 13.1 Å². The molecule has 2 rings (SSSR count). The fraction of sp³-hybridized carbons (Fsp3) is 0.562. The highest BCUT2D eigenvalue weighted by Crippen LogP contribution is 2.41. The summed E-state index contributed by atoms with van der Waals surface area (Å²) in [5, 5.41) is 0. The molecule has 0 spiro atoms. The van der Waals surface area contributed by atoms with E-state index in [4.69, 9.17) is 14.0 Å². The molecule has 1 aliphatic heterocycles. The standard InChI is InChI=1S/C16H23BO4S/c1-7-19-14(18)10-12(13-9-8-11(2)22-13)17-20-15(3,4)16(5,6)21-17/h8-10H,7H2,1-6H3/b12-10-. The van der Waals surface area contributed by atoms with Gasteiger partial charge in [0.05, 0.1) is 17.8 Å². The Morgan fingerprint density at radius 3 is 2.32 bits per heavy atom. The Labute approximate surface area is 136 Å². The van der Waals surface area contributed by atoms with Crippen molar-refractivity contribution in [3.8, 4) is 0 Å². The molecule has 2 heterocycles. The van der Waals surface area contributed by atoms with Crippen molar-refractivity contribution in [3.63, 3.8) is 0 Å². The SMILES string of the molecule is CCOC(=O)/C=C(\B1OC(C)(C)C(C)(C)O1)c1ccc(C)s1. The van der Waals surface area contributed by atoms with Crippen LogP contribution in [0.1, 0.15) is 44.4 Å². The molecule has 120 valence electrons. The van der Waals surface area contributed by atoms with E-state index in [2.05, 4.69) is 0 Å². The van der Waals surface area contributed by atoms with Crippen LogP contribution in [0.15, 0.2) is 18.2 Å². The lowest BCUT2D eigenvalue weighted by Crippen LogP contribution is -2.41. The summed E-state index contributed by atoms with van der Waals surface area (Å²) < 4.78 is 17.2. The smallest absolute Gasteiger partial charge is 0.463 e. The van der Waals surface area contributed by atoms with Crippen LogP contribution in [0.3, 0.4) is 0 Å². The third-order valence-electron chi connectivity index (χ3n) is 4.09. The molecule has 1 fully saturated rings. The van der Waals surface area contributed by atoms with Gasteiger partial charge < -0.3 is 14.0 Å². The molecule has 1 aromatic rings. The molecule has 0 amide bonds. The van der Waals surface area contributed by atoms with E-state index in [9.17, 15) is 4.79 Å². The average Bonchev–Trinajstić information content (AvgIpc) is 2.89. The van der Waals surface area contributed by atoms with Crippen LogP contribution >= 0.6 is 11.3 Å². The molecule has 0 aromatic carbocycles. The highest BCUT2D eigenvalue weighted by atomic mass is 32.1. The van der Waals surface area contributed by atoms with E-state index in [-0.39, 0.29) is 5.97 Å². The summed E-state index contributed by atoms with van der Waals surface area (Å²) in [6, 6.07) is 4.00. The van der Waals surface area contributed by atoms with E-state index >= 15 is 0 Å². The first-order chi connectivity index (χ1) is 10.2. The van der Waals surface area contributed by atoms with Crippen molar-refractivity contribution in [2.75, 3.05) is 6.61 Å². The Kier molecular flexibility index (Phi) is 4.85. The second-order valence-electron chi connectivity index (χ2n) is 6.35. The maximum Gasteiger partial charge on any atom is 0.496 e. The summed E-state index contributed by atoms with van der Waals surface area (Å²) in [5.41, 5.74) is -0.176. The first kappa shape index (κ1) is 17.3. The number of hydrogen-bond donors (Lipinski definition) is 0. The molecule has 22 heavy (non-hydrogen) atoms. The number of carbonyl (C=O) groups excluding carboxylic acids is 1. The number of ether oxygens (including phenoxy) is 1. The van der Waals surface area contributed by atoms with Crippen LogP contribution in [-0.2, 0) is 18.8 Å². The molecule has 0 aliphatic carbocycles. The Bertz CT molecular complexity index is 573. The first-order valence-corrected chi connectivity index (χ1v) is 8.29. The van der Waals surface area contributed by atoms with Gasteiger partial charge in [-0.15, -0.1) is 11.3 Å². The third-order valence-corrected chi connectivity index (χ3v) is 5.14. The molecule has 1 saturated heterocycles. The van der Waals surface area contributed by atoms with Crippen LogP contribution in [0.4, 0.5) is 0 Å². The van der Waals surface area contributed by atoms with Gasteiger partial charge in [0.1, 0.15) is 0 Å². The molecule has 0 saturated carbocycles. The van der Waals surface area contributed by atoms with Gasteiger partial charge in [0, 0.05) is 21.3 Å². The van der Waals surface area contributed by atoms with Crippen molar-refractivity contribution >= 4 is 29.9 Å². The minimum absolute atomic E-state index is 0.343. The van der Waals surface area contributed by atoms with Gasteiger partial charge in [-0.25, -0.2) is 4.79 Å². The number of esters is 1. The predicted octanol–water partition coefficient (Wildman–Crippen LogP) is 3.63. The van der Waals surface area contributed by atoms with Crippen LogP contribution in [0.25, 0.3) is 5.47 Å². The minimum atomic E-state index is -0.576. The lowest BCUT2D eigenvalue weighted by molar-refractivity contribution is -0.137. The van der Waals surface area contributed by atoms with Gasteiger partial charge in [0.15, 0.2) is 0 Å². The topological polar surface area (TPSA) is 44.8 Å². The van der Waals surface area contributed by atoms with Crippen LogP contribution < -0.4 is 0 Å². The van der Waals surface area contributed by atoms with E-state index in [1.165, 1.54) is 11.0 Å². The molecule has 0 atom stereocenters. The second-order valence-corrected chi connectivity index (χ2v) is 7.64. The summed E-state index contributed by atoms with van der Waals surface area (Å²) in [7, 11) is -0.576. The highest BCUT2D eigenvalue weighted by molar-refractivity contribution is 7.14. The molecule has 1 aromatic heterocycles. The van der Waals surface area contributed by atoms with Crippen molar-refractivity contribution in [2.24, 2.45) is 0 Å². The Morgan fingerprint density at radius 2 is 1.86 bits per heavy atom. The summed E-state index contributed by atoms with van der Waals surface area (Å²) in [6.07, 6.45) is 1.48. The molecule has 1 aliphatic rings. The van der Waals surface area contributed by atoms with Gasteiger partial charge in [0.2, 0.25) is 0 Å². The Balaban J connectivity index is 2.36. The predicted molar refractivity (Wildman–Crippen MR) is 89.7 cm³/mol. The number of thiophene rings is 1. The van der Waals surface area contributed by atoms with Gasteiger partial charge in [-0.05, 0) is 53.7 Å². The van der Waals surface area contributed by atoms with Crippen molar-refractivity contribution in [3.05, 3.63) is 28.0 Å². The van der Waals surface area contributed by atoms with Crippen LogP contribution in [0.2, 0.25) is 0 Å². The number of rotatable bonds is 4.